The van der Waals surface area contributed by atoms with Gasteiger partial charge in [-0.2, -0.15) is 4.98 Å². The summed E-state index contributed by atoms with van der Waals surface area (Å²) in [7, 11) is 0. The number of rotatable bonds is 7. The first-order valence-corrected chi connectivity index (χ1v) is 8.11. The molecule has 0 saturated carbocycles. The molecular formula is C17H18Cl2N2O2. The highest BCUT2D eigenvalue weighted by atomic mass is 35.5. The number of unbranched alkanes of at least 4 members (excludes halogenated alkanes) is 1. The Morgan fingerprint density at radius 1 is 1.30 bits per heavy atom. The highest BCUT2D eigenvalue weighted by Crippen LogP contribution is 2.21. The molecule has 1 aromatic carbocycles. The average molecular weight is 353 g/mol. The van der Waals surface area contributed by atoms with Crippen molar-refractivity contribution < 1.29 is 4.74 Å². The third kappa shape index (κ3) is 5.41. The maximum absolute atomic E-state index is 12.0. The highest BCUT2D eigenvalue weighted by Gasteiger charge is 2.06. The maximum atomic E-state index is 12.0. The van der Waals surface area contributed by atoms with E-state index in [4.69, 9.17) is 27.9 Å². The fourth-order valence-corrected chi connectivity index (χ4v) is 2.46. The van der Waals surface area contributed by atoms with Gasteiger partial charge >= 0.3 is 5.69 Å². The van der Waals surface area contributed by atoms with E-state index in [1.807, 2.05) is 13.0 Å². The zero-order valence-corrected chi connectivity index (χ0v) is 14.3. The van der Waals surface area contributed by atoms with Gasteiger partial charge in [0.1, 0.15) is 0 Å². The Morgan fingerprint density at radius 3 is 2.83 bits per heavy atom. The zero-order chi connectivity index (χ0) is 16.7. The summed E-state index contributed by atoms with van der Waals surface area (Å²) in [5.74, 6) is 0.342. The smallest absolute Gasteiger partial charge is 0.351 e. The molecule has 0 spiro atoms. The number of halogens is 2. The van der Waals surface area contributed by atoms with Crippen LogP contribution >= 0.6 is 23.2 Å². The Labute approximate surface area is 145 Å². The molecule has 0 bridgehead atoms. The molecule has 0 unspecified atom stereocenters. The molecule has 23 heavy (non-hydrogen) atoms. The molecular weight excluding hydrogens is 335 g/mol. The third-order valence-corrected chi connectivity index (χ3v) is 3.79. The van der Waals surface area contributed by atoms with Gasteiger partial charge in [0, 0.05) is 22.3 Å². The fraction of sp³-hybridized carbons (Fsp3) is 0.294. The monoisotopic (exact) mass is 352 g/mol. The van der Waals surface area contributed by atoms with Gasteiger partial charge in [-0.3, -0.25) is 4.57 Å². The van der Waals surface area contributed by atoms with E-state index in [1.165, 1.54) is 4.57 Å². The number of benzene rings is 1. The van der Waals surface area contributed by atoms with Crippen molar-refractivity contribution in [1.82, 2.24) is 9.55 Å². The molecule has 0 radical (unpaired) electrons. The minimum absolute atomic E-state index is 0.337. The Bertz CT molecular complexity index is 742. The van der Waals surface area contributed by atoms with E-state index in [0.717, 1.165) is 18.4 Å². The van der Waals surface area contributed by atoms with Gasteiger partial charge in [-0.05, 0) is 37.5 Å². The standard InChI is InChI=1S/C17H18Cl2N2O2/c1-2-3-4-5-10-23-16-8-9-21(17(22)20-16)12-13-6-7-14(18)11-15(13)19/h2-3,6-9,11H,4-5,10,12H2,1H3/b3-2+. The van der Waals surface area contributed by atoms with E-state index in [9.17, 15) is 4.79 Å². The van der Waals surface area contributed by atoms with Crippen LogP contribution in [0.15, 0.2) is 47.4 Å². The lowest BCUT2D eigenvalue weighted by atomic mass is 10.2. The summed E-state index contributed by atoms with van der Waals surface area (Å²) in [5.41, 5.74) is 0.432. The number of ether oxygens (including phenoxy) is 1. The SMILES string of the molecule is C/C=C/CCCOc1ccn(Cc2ccc(Cl)cc2Cl)c(=O)n1. The Kier molecular flexibility index (Phi) is 6.68. The van der Waals surface area contributed by atoms with E-state index in [0.29, 0.717) is 29.1 Å². The second kappa shape index (κ2) is 8.75. The molecule has 122 valence electrons. The van der Waals surface area contributed by atoms with Crippen LogP contribution in [0.1, 0.15) is 25.3 Å². The van der Waals surface area contributed by atoms with Crippen molar-refractivity contribution >= 4 is 23.2 Å². The molecule has 0 amide bonds. The van der Waals surface area contributed by atoms with Crippen LogP contribution in [0.2, 0.25) is 10.0 Å². The average Bonchev–Trinajstić information content (AvgIpc) is 2.52. The lowest BCUT2D eigenvalue weighted by Crippen LogP contribution is -2.23. The lowest BCUT2D eigenvalue weighted by molar-refractivity contribution is 0.297. The van der Waals surface area contributed by atoms with Crippen molar-refractivity contribution in [1.29, 1.82) is 0 Å². The fourth-order valence-electron chi connectivity index (χ4n) is 1.99. The van der Waals surface area contributed by atoms with Crippen LogP contribution in [0, 0.1) is 0 Å². The van der Waals surface area contributed by atoms with Crippen LogP contribution in [0.5, 0.6) is 5.88 Å². The first-order valence-electron chi connectivity index (χ1n) is 7.35. The summed E-state index contributed by atoms with van der Waals surface area (Å²) in [4.78, 5) is 16.0. The predicted octanol–water partition coefficient (Wildman–Crippen LogP) is 4.33. The van der Waals surface area contributed by atoms with Gasteiger partial charge in [0.25, 0.3) is 0 Å². The van der Waals surface area contributed by atoms with E-state index >= 15 is 0 Å². The van der Waals surface area contributed by atoms with E-state index in [-0.39, 0.29) is 5.69 Å². The van der Waals surface area contributed by atoms with Crippen molar-refractivity contribution in [2.24, 2.45) is 0 Å². The number of hydrogen-bond acceptors (Lipinski definition) is 3. The van der Waals surface area contributed by atoms with E-state index in [2.05, 4.69) is 11.1 Å². The van der Waals surface area contributed by atoms with Crippen molar-refractivity contribution in [2.75, 3.05) is 6.61 Å². The van der Waals surface area contributed by atoms with Crippen LogP contribution < -0.4 is 10.4 Å². The molecule has 2 rings (SSSR count). The summed E-state index contributed by atoms with van der Waals surface area (Å²) in [6.45, 7) is 2.85. The molecule has 2 aromatic rings. The Morgan fingerprint density at radius 2 is 2.13 bits per heavy atom. The van der Waals surface area contributed by atoms with Gasteiger partial charge in [-0.15, -0.1) is 0 Å². The molecule has 0 aliphatic heterocycles. The number of allylic oxidation sites excluding steroid dienone is 2. The Hall–Kier alpha value is -1.78. The topological polar surface area (TPSA) is 44.1 Å². The quantitative estimate of drug-likeness (QED) is 0.550. The largest absolute Gasteiger partial charge is 0.477 e. The zero-order valence-electron chi connectivity index (χ0n) is 12.8. The molecule has 0 fully saturated rings. The summed E-state index contributed by atoms with van der Waals surface area (Å²) in [6, 6.07) is 6.87. The Balaban J connectivity index is 2.00. The van der Waals surface area contributed by atoms with E-state index in [1.54, 1.807) is 30.5 Å². The van der Waals surface area contributed by atoms with Crippen LogP contribution in [0.25, 0.3) is 0 Å². The van der Waals surface area contributed by atoms with Crippen LogP contribution in [-0.2, 0) is 6.54 Å². The van der Waals surface area contributed by atoms with Gasteiger partial charge in [0.15, 0.2) is 0 Å². The van der Waals surface area contributed by atoms with Crippen molar-refractivity contribution in [3.63, 3.8) is 0 Å². The van der Waals surface area contributed by atoms with Gasteiger partial charge in [0.2, 0.25) is 5.88 Å². The van der Waals surface area contributed by atoms with Crippen LogP contribution in [-0.4, -0.2) is 16.2 Å². The highest BCUT2D eigenvalue weighted by molar-refractivity contribution is 6.35. The first-order chi connectivity index (χ1) is 11.1. The normalized spacial score (nSPS) is 11.1. The minimum atomic E-state index is -0.373. The molecule has 6 heteroatoms. The van der Waals surface area contributed by atoms with E-state index < -0.39 is 0 Å². The summed E-state index contributed by atoms with van der Waals surface area (Å²) >= 11 is 12.0. The molecule has 1 heterocycles. The van der Waals surface area contributed by atoms with Crippen molar-refractivity contribution in [3.8, 4) is 5.88 Å². The molecule has 0 saturated heterocycles. The van der Waals surface area contributed by atoms with Crippen molar-refractivity contribution in [2.45, 2.75) is 26.3 Å². The maximum Gasteiger partial charge on any atom is 0.351 e. The number of hydrogen-bond donors (Lipinski definition) is 0. The van der Waals surface area contributed by atoms with Gasteiger partial charge in [-0.1, -0.05) is 41.4 Å². The molecule has 0 aliphatic rings. The van der Waals surface area contributed by atoms with Crippen LogP contribution in [0.3, 0.4) is 0 Å². The van der Waals surface area contributed by atoms with Crippen molar-refractivity contribution in [3.05, 3.63) is 68.7 Å². The first kappa shape index (κ1) is 17.6. The summed E-state index contributed by atoms with van der Waals surface area (Å²) in [5, 5.41) is 1.08. The molecule has 4 nitrogen and oxygen atoms in total. The van der Waals surface area contributed by atoms with Gasteiger partial charge < -0.3 is 4.74 Å². The molecule has 0 N–H and O–H groups in total. The van der Waals surface area contributed by atoms with Crippen LogP contribution in [0.4, 0.5) is 0 Å². The molecule has 0 aliphatic carbocycles. The minimum Gasteiger partial charge on any atom is -0.477 e. The number of aromatic nitrogens is 2. The summed E-state index contributed by atoms with van der Waals surface area (Å²) in [6.07, 6.45) is 7.56. The molecule has 1 aromatic heterocycles. The lowest BCUT2D eigenvalue weighted by Gasteiger charge is -2.09. The second-order valence-electron chi connectivity index (χ2n) is 4.97. The summed E-state index contributed by atoms with van der Waals surface area (Å²) < 4.78 is 6.95. The third-order valence-electron chi connectivity index (χ3n) is 3.21. The number of nitrogens with zero attached hydrogens (tertiary/aromatic N) is 2. The second-order valence-corrected chi connectivity index (χ2v) is 5.82. The van der Waals surface area contributed by atoms with Gasteiger partial charge in [0.05, 0.1) is 13.2 Å². The van der Waals surface area contributed by atoms with Gasteiger partial charge in [-0.25, -0.2) is 4.79 Å². The predicted molar refractivity (Wildman–Crippen MR) is 93.6 cm³/mol. The molecule has 0 atom stereocenters.